The number of hydrogen-bond acceptors (Lipinski definition) is 9. The fraction of sp³-hybridized carbons (Fsp3) is 0.429. The van der Waals surface area contributed by atoms with Gasteiger partial charge in [-0.2, -0.15) is 16.3 Å². The molecule has 9 heteroatoms. The van der Waals surface area contributed by atoms with E-state index >= 15 is 0 Å². The highest BCUT2D eigenvalue weighted by molar-refractivity contribution is 7.08. The van der Waals surface area contributed by atoms with Gasteiger partial charge in [0.1, 0.15) is 0 Å². The van der Waals surface area contributed by atoms with Gasteiger partial charge in [0.2, 0.25) is 17.5 Å². The molecule has 1 saturated heterocycles. The van der Waals surface area contributed by atoms with Crippen LogP contribution < -0.4 is 14.2 Å². The summed E-state index contributed by atoms with van der Waals surface area (Å²) in [6.45, 7) is 5.23. The van der Waals surface area contributed by atoms with Crippen molar-refractivity contribution in [2.75, 3.05) is 47.5 Å². The highest BCUT2D eigenvalue weighted by Crippen LogP contribution is 2.40. The normalized spacial score (nSPS) is 15.3. The van der Waals surface area contributed by atoms with Crippen molar-refractivity contribution in [2.24, 2.45) is 0 Å². The Hall–Kier alpha value is -2.62. The van der Waals surface area contributed by atoms with Crippen LogP contribution in [0.2, 0.25) is 0 Å². The van der Waals surface area contributed by atoms with Crippen LogP contribution in [0.25, 0.3) is 11.4 Å². The van der Waals surface area contributed by atoms with E-state index in [0.717, 1.165) is 49.6 Å². The van der Waals surface area contributed by atoms with E-state index in [1.54, 1.807) is 32.7 Å². The van der Waals surface area contributed by atoms with Gasteiger partial charge < -0.3 is 18.7 Å². The standard InChI is InChI=1S/C21H26N4O4S/c1-26-17-5-4-15(19(27-2)20(17)28-3)12-24-7-9-25(10-8-24)13-18-22-21(23-29-18)16-6-11-30-14-16/h4-6,11,14H,7-10,12-13H2,1-3H3. The molecule has 1 aromatic carbocycles. The number of hydrogen-bond donors (Lipinski definition) is 0. The summed E-state index contributed by atoms with van der Waals surface area (Å²) in [5, 5.41) is 8.13. The van der Waals surface area contributed by atoms with Crippen molar-refractivity contribution >= 4 is 11.3 Å². The summed E-state index contributed by atoms with van der Waals surface area (Å²) >= 11 is 1.63. The Morgan fingerprint density at radius 3 is 2.30 bits per heavy atom. The average molecular weight is 431 g/mol. The zero-order valence-electron chi connectivity index (χ0n) is 17.5. The number of nitrogens with zero attached hydrogens (tertiary/aromatic N) is 4. The molecule has 0 atom stereocenters. The fourth-order valence-electron chi connectivity index (χ4n) is 3.65. The van der Waals surface area contributed by atoms with Gasteiger partial charge in [-0.25, -0.2) is 0 Å². The number of rotatable bonds is 8. The van der Waals surface area contributed by atoms with Crippen LogP contribution in [0.4, 0.5) is 0 Å². The molecule has 2 aromatic heterocycles. The highest BCUT2D eigenvalue weighted by atomic mass is 32.1. The smallest absolute Gasteiger partial charge is 0.241 e. The minimum Gasteiger partial charge on any atom is -0.493 e. The molecule has 0 unspecified atom stereocenters. The predicted octanol–water partition coefficient (Wildman–Crippen LogP) is 3.14. The second-order valence-electron chi connectivity index (χ2n) is 7.07. The van der Waals surface area contributed by atoms with Gasteiger partial charge in [-0.3, -0.25) is 9.80 Å². The number of benzene rings is 1. The molecule has 3 aromatic rings. The third-order valence-corrected chi connectivity index (χ3v) is 5.93. The zero-order chi connectivity index (χ0) is 20.9. The minimum absolute atomic E-state index is 0.633. The van der Waals surface area contributed by atoms with E-state index < -0.39 is 0 Å². The van der Waals surface area contributed by atoms with E-state index in [1.807, 2.05) is 29.0 Å². The number of ether oxygens (including phenoxy) is 3. The summed E-state index contributed by atoms with van der Waals surface area (Å²) in [6, 6.07) is 5.96. The predicted molar refractivity (Wildman–Crippen MR) is 114 cm³/mol. The molecule has 0 amide bonds. The third-order valence-electron chi connectivity index (χ3n) is 5.25. The summed E-state index contributed by atoms with van der Waals surface area (Å²) in [5.74, 6) is 3.35. The van der Waals surface area contributed by atoms with Crippen LogP contribution in [0.5, 0.6) is 17.2 Å². The van der Waals surface area contributed by atoms with E-state index in [2.05, 4.69) is 19.9 Å². The number of methoxy groups -OCH3 is 3. The van der Waals surface area contributed by atoms with E-state index in [-0.39, 0.29) is 0 Å². The maximum absolute atomic E-state index is 5.62. The first-order valence-corrected chi connectivity index (χ1v) is 10.7. The van der Waals surface area contributed by atoms with Crippen molar-refractivity contribution in [3.05, 3.63) is 40.4 Å². The average Bonchev–Trinajstić information content (AvgIpc) is 3.46. The maximum Gasteiger partial charge on any atom is 0.241 e. The van der Waals surface area contributed by atoms with Crippen LogP contribution in [0.3, 0.4) is 0 Å². The lowest BCUT2D eigenvalue weighted by molar-refractivity contribution is 0.111. The van der Waals surface area contributed by atoms with Gasteiger partial charge in [0.05, 0.1) is 27.9 Å². The topological polar surface area (TPSA) is 73.1 Å². The summed E-state index contributed by atoms with van der Waals surface area (Å²) in [6.07, 6.45) is 0. The van der Waals surface area contributed by atoms with E-state index in [1.165, 1.54) is 0 Å². The maximum atomic E-state index is 5.62. The van der Waals surface area contributed by atoms with Crippen LogP contribution in [-0.2, 0) is 13.1 Å². The Kier molecular flexibility index (Phi) is 6.51. The Bertz CT molecular complexity index is 952. The molecule has 0 N–H and O–H groups in total. The van der Waals surface area contributed by atoms with Crippen LogP contribution in [-0.4, -0.2) is 67.4 Å². The Morgan fingerprint density at radius 2 is 1.67 bits per heavy atom. The van der Waals surface area contributed by atoms with Gasteiger partial charge in [0.15, 0.2) is 11.5 Å². The summed E-state index contributed by atoms with van der Waals surface area (Å²) < 4.78 is 21.9. The summed E-state index contributed by atoms with van der Waals surface area (Å²) in [7, 11) is 4.92. The molecule has 3 heterocycles. The number of thiophene rings is 1. The lowest BCUT2D eigenvalue weighted by Crippen LogP contribution is -2.45. The second-order valence-corrected chi connectivity index (χ2v) is 7.85. The molecule has 30 heavy (non-hydrogen) atoms. The van der Waals surface area contributed by atoms with E-state index in [9.17, 15) is 0 Å². The molecule has 0 saturated carbocycles. The molecule has 1 aliphatic rings. The first-order valence-electron chi connectivity index (χ1n) is 9.79. The Balaban J connectivity index is 1.34. The molecule has 0 aliphatic carbocycles. The van der Waals surface area contributed by atoms with Gasteiger partial charge in [0, 0.05) is 49.2 Å². The van der Waals surface area contributed by atoms with Gasteiger partial charge in [-0.15, -0.1) is 0 Å². The molecule has 1 aliphatic heterocycles. The Labute approximate surface area is 180 Å². The Morgan fingerprint density at radius 1 is 0.933 bits per heavy atom. The number of aromatic nitrogens is 2. The van der Waals surface area contributed by atoms with E-state index in [4.69, 9.17) is 18.7 Å². The highest BCUT2D eigenvalue weighted by Gasteiger charge is 2.22. The number of piperazine rings is 1. The van der Waals surface area contributed by atoms with Gasteiger partial charge in [0.25, 0.3) is 0 Å². The van der Waals surface area contributed by atoms with E-state index in [0.29, 0.717) is 29.8 Å². The molecular formula is C21H26N4O4S. The van der Waals surface area contributed by atoms with Crippen molar-refractivity contribution in [1.82, 2.24) is 19.9 Å². The molecule has 4 rings (SSSR count). The van der Waals surface area contributed by atoms with Crippen molar-refractivity contribution in [2.45, 2.75) is 13.1 Å². The summed E-state index contributed by atoms with van der Waals surface area (Å²) in [4.78, 5) is 9.27. The van der Waals surface area contributed by atoms with Gasteiger partial charge in [-0.05, 0) is 17.5 Å². The molecule has 1 fully saturated rings. The van der Waals surface area contributed by atoms with Gasteiger partial charge >= 0.3 is 0 Å². The second kappa shape index (κ2) is 9.46. The lowest BCUT2D eigenvalue weighted by atomic mass is 10.1. The van der Waals surface area contributed by atoms with Crippen LogP contribution in [0, 0.1) is 0 Å². The quantitative estimate of drug-likeness (QED) is 0.540. The minimum atomic E-state index is 0.633. The van der Waals surface area contributed by atoms with Crippen molar-refractivity contribution < 1.29 is 18.7 Å². The van der Waals surface area contributed by atoms with Crippen molar-refractivity contribution in [3.63, 3.8) is 0 Å². The molecular weight excluding hydrogens is 404 g/mol. The zero-order valence-corrected chi connectivity index (χ0v) is 18.3. The summed E-state index contributed by atoms with van der Waals surface area (Å²) in [5.41, 5.74) is 2.09. The monoisotopic (exact) mass is 430 g/mol. The molecule has 0 bridgehead atoms. The van der Waals surface area contributed by atoms with Crippen molar-refractivity contribution in [3.8, 4) is 28.6 Å². The van der Waals surface area contributed by atoms with Gasteiger partial charge in [-0.1, -0.05) is 11.2 Å². The van der Waals surface area contributed by atoms with Crippen LogP contribution in [0.15, 0.2) is 33.5 Å². The third kappa shape index (κ3) is 4.43. The van der Waals surface area contributed by atoms with Crippen LogP contribution in [0.1, 0.15) is 11.5 Å². The van der Waals surface area contributed by atoms with Crippen LogP contribution >= 0.6 is 11.3 Å². The molecule has 8 nitrogen and oxygen atoms in total. The first kappa shape index (κ1) is 20.6. The molecule has 160 valence electrons. The first-order chi connectivity index (χ1) is 14.7. The largest absolute Gasteiger partial charge is 0.493 e. The molecule has 0 radical (unpaired) electrons. The SMILES string of the molecule is COc1ccc(CN2CCN(Cc3nc(-c4ccsc4)no3)CC2)c(OC)c1OC. The van der Waals surface area contributed by atoms with Crippen molar-refractivity contribution in [1.29, 1.82) is 0 Å². The molecule has 0 spiro atoms. The fourth-order valence-corrected chi connectivity index (χ4v) is 4.29. The lowest BCUT2D eigenvalue weighted by Gasteiger charge is -2.34.